The van der Waals surface area contributed by atoms with Crippen molar-refractivity contribution in [2.24, 2.45) is 5.92 Å². The van der Waals surface area contributed by atoms with Gasteiger partial charge in [-0.05, 0) is 49.7 Å². The molecule has 0 radical (unpaired) electrons. The molecular formula is C29H40ClN5O2. The zero-order valence-corrected chi connectivity index (χ0v) is 23.1. The molecule has 1 atom stereocenters. The molecular weight excluding hydrogens is 486 g/mol. The van der Waals surface area contributed by atoms with Gasteiger partial charge in [0.15, 0.2) is 11.5 Å². The first-order chi connectivity index (χ1) is 17.6. The van der Waals surface area contributed by atoms with Crippen LogP contribution < -0.4 is 19.7 Å². The van der Waals surface area contributed by atoms with E-state index < -0.39 is 0 Å². The second kappa shape index (κ2) is 12.7. The van der Waals surface area contributed by atoms with Gasteiger partial charge in [-0.15, -0.1) is 12.4 Å². The van der Waals surface area contributed by atoms with Crippen molar-refractivity contribution in [3.05, 3.63) is 48.0 Å². The maximum Gasteiger partial charge on any atom is 0.227 e. The highest BCUT2D eigenvalue weighted by molar-refractivity contribution is 5.93. The summed E-state index contributed by atoms with van der Waals surface area (Å²) in [4.78, 5) is 15.0. The van der Waals surface area contributed by atoms with E-state index >= 15 is 0 Å². The van der Waals surface area contributed by atoms with Gasteiger partial charge < -0.3 is 19.7 Å². The molecule has 3 heterocycles. The Morgan fingerprint density at radius 2 is 1.62 bits per heavy atom. The molecule has 37 heavy (non-hydrogen) atoms. The number of rotatable bonds is 7. The Kier molecular flexibility index (Phi) is 9.33. The molecule has 2 aliphatic rings. The number of hydrogen-bond acceptors (Lipinski definition) is 7. The fraction of sp³-hybridized carbons (Fsp3) is 0.517. The number of hydrogen-bond donors (Lipinski definition) is 1. The van der Waals surface area contributed by atoms with Gasteiger partial charge >= 0.3 is 0 Å². The predicted molar refractivity (Wildman–Crippen MR) is 153 cm³/mol. The Morgan fingerprint density at radius 3 is 2.35 bits per heavy atom. The van der Waals surface area contributed by atoms with Gasteiger partial charge in [0, 0.05) is 50.2 Å². The van der Waals surface area contributed by atoms with Crippen LogP contribution in [0.5, 0.6) is 11.5 Å². The minimum absolute atomic E-state index is 0. The van der Waals surface area contributed by atoms with Crippen LogP contribution in [0.1, 0.15) is 44.6 Å². The van der Waals surface area contributed by atoms with Gasteiger partial charge in [0.1, 0.15) is 5.82 Å². The summed E-state index contributed by atoms with van der Waals surface area (Å²) in [6, 6.07) is 15.1. The molecule has 2 saturated heterocycles. The van der Waals surface area contributed by atoms with Crippen LogP contribution in [0.3, 0.4) is 0 Å². The Bertz CT molecular complexity index is 1150. The highest BCUT2D eigenvalue weighted by Gasteiger charge is 2.23. The summed E-state index contributed by atoms with van der Waals surface area (Å²) >= 11 is 0. The average Bonchev–Trinajstić information content (AvgIpc) is 3.14. The van der Waals surface area contributed by atoms with Crippen molar-refractivity contribution in [1.29, 1.82) is 0 Å². The quantitative estimate of drug-likeness (QED) is 0.420. The zero-order chi connectivity index (χ0) is 24.9. The van der Waals surface area contributed by atoms with Crippen molar-refractivity contribution in [2.75, 3.05) is 50.6 Å². The molecule has 8 heteroatoms. The number of nitrogens with one attached hydrogen (secondary N) is 1. The Labute approximate surface area is 227 Å². The summed E-state index contributed by atoms with van der Waals surface area (Å²) in [7, 11) is 3.34. The number of methoxy groups -OCH3 is 2. The van der Waals surface area contributed by atoms with Crippen LogP contribution in [-0.2, 0) is 6.54 Å². The van der Waals surface area contributed by atoms with Gasteiger partial charge in [0.25, 0.3) is 0 Å². The molecule has 0 bridgehead atoms. The molecule has 0 amide bonds. The molecule has 0 saturated carbocycles. The highest BCUT2D eigenvalue weighted by atomic mass is 35.5. The Morgan fingerprint density at radius 1 is 0.892 bits per heavy atom. The molecule has 1 unspecified atom stereocenters. The van der Waals surface area contributed by atoms with Crippen LogP contribution in [0.2, 0.25) is 0 Å². The van der Waals surface area contributed by atoms with Crippen LogP contribution >= 0.6 is 12.4 Å². The van der Waals surface area contributed by atoms with E-state index in [0.717, 1.165) is 74.2 Å². The molecule has 200 valence electrons. The minimum Gasteiger partial charge on any atom is -0.493 e. The van der Waals surface area contributed by atoms with E-state index in [2.05, 4.69) is 52.4 Å². The van der Waals surface area contributed by atoms with Crippen LogP contribution in [0.15, 0.2) is 42.5 Å². The smallest absolute Gasteiger partial charge is 0.227 e. The normalized spacial score (nSPS) is 19.2. The summed E-state index contributed by atoms with van der Waals surface area (Å²) in [5.74, 6) is 3.85. The van der Waals surface area contributed by atoms with E-state index in [1.165, 1.54) is 24.8 Å². The standard InChI is InChI=1S/C29H39N5O2.ClH/c1-21-8-7-14-34(17-11-21)29-31-25-19-27(36-3)26(35-2)18-24(25)28(32-29)30-23-12-15-33(16-13-23)20-22-9-5-4-6-10-22;/h4-6,9-10,18-19,21,23H,7-8,11-17,20H2,1-3H3,(H,30,31,32);1H. The van der Waals surface area contributed by atoms with Crippen molar-refractivity contribution in [3.8, 4) is 11.5 Å². The molecule has 0 aliphatic carbocycles. The van der Waals surface area contributed by atoms with Crippen LogP contribution in [-0.4, -0.2) is 61.3 Å². The van der Waals surface area contributed by atoms with Crippen LogP contribution in [0.4, 0.5) is 11.8 Å². The Hall–Kier alpha value is -2.77. The number of fused-ring (bicyclic) bond motifs is 1. The fourth-order valence-corrected chi connectivity index (χ4v) is 5.43. The molecule has 5 rings (SSSR count). The number of ether oxygens (including phenoxy) is 2. The lowest BCUT2D eigenvalue weighted by Gasteiger charge is -2.33. The maximum atomic E-state index is 5.61. The fourth-order valence-electron chi connectivity index (χ4n) is 5.43. The van der Waals surface area contributed by atoms with Crippen molar-refractivity contribution in [3.63, 3.8) is 0 Å². The van der Waals surface area contributed by atoms with Gasteiger partial charge in [0.2, 0.25) is 5.95 Å². The number of benzene rings is 2. The first-order valence-corrected chi connectivity index (χ1v) is 13.3. The third-order valence-electron chi connectivity index (χ3n) is 7.67. The second-order valence-corrected chi connectivity index (χ2v) is 10.3. The van der Waals surface area contributed by atoms with Gasteiger partial charge in [-0.25, -0.2) is 4.98 Å². The monoisotopic (exact) mass is 525 g/mol. The van der Waals surface area contributed by atoms with Gasteiger partial charge in [-0.1, -0.05) is 37.3 Å². The van der Waals surface area contributed by atoms with Crippen molar-refractivity contribution in [2.45, 2.75) is 51.6 Å². The van der Waals surface area contributed by atoms with E-state index in [4.69, 9.17) is 19.4 Å². The minimum atomic E-state index is 0. The third kappa shape index (κ3) is 6.57. The summed E-state index contributed by atoms with van der Waals surface area (Å²) in [6.45, 7) is 7.50. The topological polar surface area (TPSA) is 62.8 Å². The highest BCUT2D eigenvalue weighted by Crippen LogP contribution is 2.36. The lowest BCUT2D eigenvalue weighted by Crippen LogP contribution is -2.39. The van der Waals surface area contributed by atoms with Gasteiger partial charge in [-0.3, -0.25) is 4.90 Å². The number of anilines is 2. The lowest BCUT2D eigenvalue weighted by molar-refractivity contribution is 0.211. The molecule has 1 aromatic heterocycles. The molecule has 7 nitrogen and oxygen atoms in total. The van der Waals surface area contributed by atoms with Crippen molar-refractivity contribution < 1.29 is 9.47 Å². The van der Waals surface area contributed by atoms with E-state index in [-0.39, 0.29) is 12.4 Å². The predicted octanol–water partition coefficient (Wildman–Crippen LogP) is 5.77. The molecule has 2 aromatic carbocycles. The second-order valence-electron chi connectivity index (χ2n) is 10.3. The Balaban J connectivity index is 0.00000320. The van der Waals surface area contributed by atoms with Crippen LogP contribution in [0, 0.1) is 5.92 Å². The SMILES string of the molecule is COc1cc2nc(N3CCCC(C)CC3)nc(NC3CCN(Cc4ccccc4)CC3)c2cc1OC.Cl. The van der Waals surface area contributed by atoms with E-state index in [1.54, 1.807) is 14.2 Å². The number of halogens is 1. The first kappa shape index (κ1) is 27.3. The molecule has 2 aliphatic heterocycles. The number of aromatic nitrogens is 2. The summed E-state index contributed by atoms with van der Waals surface area (Å²) in [5, 5.41) is 4.78. The number of piperidine rings is 1. The largest absolute Gasteiger partial charge is 0.493 e. The molecule has 3 aromatic rings. The molecule has 0 spiro atoms. The first-order valence-electron chi connectivity index (χ1n) is 13.3. The lowest BCUT2D eigenvalue weighted by atomic mass is 10.0. The summed E-state index contributed by atoms with van der Waals surface area (Å²) in [6.07, 6.45) is 5.79. The van der Waals surface area contributed by atoms with Crippen molar-refractivity contribution in [1.82, 2.24) is 14.9 Å². The molecule has 1 N–H and O–H groups in total. The van der Waals surface area contributed by atoms with Gasteiger partial charge in [-0.2, -0.15) is 4.98 Å². The van der Waals surface area contributed by atoms with Crippen LogP contribution in [0.25, 0.3) is 10.9 Å². The molecule has 2 fully saturated rings. The average molecular weight is 526 g/mol. The van der Waals surface area contributed by atoms with E-state index in [1.807, 2.05) is 12.1 Å². The number of nitrogens with zero attached hydrogens (tertiary/aromatic N) is 4. The van der Waals surface area contributed by atoms with E-state index in [0.29, 0.717) is 17.5 Å². The maximum absolute atomic E-state index is 5.61. The van der Waals surface area contributed by atoms with E-state index in [9.17, 15) is 0 Å². The van der Waals surface area contributed by atoms with Gasteiger partial charge in [0.05, 0.1) is 19.7 Å². The summed E-state index contributed by atoms with van der Waals surface area (Å²) in [5.41, 5.74) is 2.27. The zero-order valence-electron chi connectivity index (χ0n) is 22.3. The number of likely N-dealkylation sites (tertiary alicyclic amines) is 1. The van der Waals surface area contributed by atoms with Crippen molar-refractivity contribution >= 4 is 35.1 Å². The third-order valence-corrected chi connectivity index (χ3v) is 7.67. The summed E-state index contributed by atoms with van der Waals surface area (Å²) < 4.78 is 11.2.